The highest BCUT2D eigenvalue weighted by Crippen LogP contribution is 2.30. The van der Waals surface area contributed by atoms with Crippen molar-refractivity contribution in [3.8, 4) is 0 Å². The van der Waals surface area contributed by atoms with E-state index in [-0.39, 0.29) is 10.8 Å². The van der Waals surface area contributed by atoms with Crippen molar-refractivity contribution in [2.24, 2.45) is 0 Å². The van der Waals surface area contributed by atoms with Crippen molar-refractivity contribution in [2.75, 3.05) is 36.4 Å². The number of anilines is 2. The van der Waals surface area contributed by atoms with Crippen molar-refractivity contribution >= 4 is 27.3 Å². The number of nitrogens with one attached hydrogen (secondary N) is 1. The average Bonchev–Trinajstić information content (AvgIpc) is 2.57. The third-order valence-corrected chi connectivity index (χ3v) is 6.06. The van der Waals surface area contributed by atoms with Gasteiger partial charge in [0, 0.05) is 32.6 Å². The zero-order chi connectivity index (χ0) is 18.3. The molecular formula is C17H29N3O3S. The Kier molecular flexibility index (Phi) is 7.69. The summed E-state index contributed by atoms with van der Waals surface area (Å²) in [5.74, 6) is -0.138. The molecule has 1 N–H and O–H groups in total. The van der Waals surface area contributed by atoms with Crippen LogP contribution in [-0.4, -0.2) is 44.8 Å². The van der Waals surface area contributed by atoms with Crippen LogP contribution in [0.2, 0.25) is 0 Å². The maximum Gasteiger partial charge on any atom is 0.243 e. The Bertz CT molecular complexity index is 651. The fourth-order valence-corrected chi connectivity index (χ4v) is 4.05. The van der Waals surface area contributed by atoms with Crippen LogP contribution in [0.4, 0.5) is 11.4 Å². The summed E-state index contributed by atoms with van der Waals surface area (Å²) in [4.78, 5) is 14.1. The summed E-state index contributed by atoms with van der Waals surface area (Å²) in [7, 11) is -3.56. The minimum absolute atomic E-state index is 0.138. The first-order valence-electron chi connectivity index (χ1n) is 8.54. The van der Waals surface area contributed by atoms with Crippen LogP contribution < -0.4 is 10.2 Å². The summed E-state index contributed by atoms with van der Waals surface area (Å²) in [6.07, 6.45) is 0.338. The van der Waals surface area contributed by atoms with Gasteiger partial charge in [-0.3, -0.25) is 4.79 Å². The van der Waals surface area contributed by atoms with Gasteiger partial charge in [0.05, 0.1) is 16.3 Å². The zero-order valence-electron chi connectivity index (χ0n) is 15.3. The summed E-state index contributed by atoms with van der Waals surface area (Å²) in [6, 6.07) is 4.95. The second kappa shape index (κ2) is 9.03. The standard InChI is InChI=1S/C17H29N3O3S/c1-6-17(21)18-15-13-14(24(22,23)20(9-4)10-5)11-12-16(15)19(7-2)8-3/h11-13H,6-10H2,1-5H3,(H,18,21). The molecule has 0 heterocycles. The van der Waals surface area contributed by atoms with E-state index in [0.717, 1.165) is 18.8 Å². The van der Waals surface area contributed by atoms with Gasteiger partial charge in [-0.05, 0) is 32.0 Å². The first-order chi connectivity index (χ1) is 11.3. The number of amides is 1. The number of carbonyl (C=O) groups is 1. The molecule has 0 spiro atoms. The van der Waals surface area contributed by atoms with Crippen LogP contribution in [0.25, 0.3) is 0 Å². The first-order valence-corrected chi connectivity index (χ1v) is 9.98. The van der Waals surface area contributed by atoms with Gasteiger partial charge in [-0.25, -0.2) is 8.42 Å². The fourth-order valence-electron chi connectivity index (χ4n) is 2.57. The van der Waals surface area contributed by atoms with E-state index in [1.54, 1.807) is 25.1 Å². The van der Waals surface area contributed by atoms with Crippen molar-refractivity contribution < 1.29 is 13.2 Å². The Morgan fingerprint density at radius 3 is 2.04 bits per heavy atom. The van der Waals surface area contributed by atoms with Crippen LogP contribution in [0.15, 0.2) is 23.1 Å². The third kappa shape index (κ3) is 4.48. The van der Waals surface area contributed by atoms with Crippen molar-refractivity contribution in [1.82, 2.24) is 4.31 Å². The van der Waals surface area contributed by atoms with E-state index in [9.17, 15) is 13.2 Å². The largest absolute Gasteiger partial charge is 0.370 e. The number of hydrogen-bond acceptors (Lipinski definition) is 4. The number of carbonyl (C=O) groups excluding carboxylic acids is 1. The van der Waals surface area contributed by atoms with Gasteiger partial charge in [-0.15, -0.1) is 0 Å². The second-order valence-corrected chi connectivity index (χ2v) is 7.28. The number of sulfonamides is 1. The zero-order valence-corrected chi connectivity index (χ0v) is 16.1. The van der Waals surface area contributed by atoms with E-state index in [1.165, 1.54) is 4.31 Å². The molecule has 0 aliphatic heterocycles. The summed E-state index contributed by atoms with van der Waals surface area (Å²) in [6.45, 7) is 11.8. The molecule has 0 bridgehead atoms. The normalized spacial score (nSPS) is 11.6. The molecule has 24 heavy (non-hydrogen) atoms. The van der Waals surface area contributed by atoms with E-state index < -0.39 is 10.0 Å². The highest BCUT2D eigenvalue weighted by Gasteiger charge is 2.23. The van der Waals surface area contributed by atoms with Gasteiger partial charge < -0.3 is 10.2 Å². The second-order valence-electron chi connectivity index (χ2n) is 5.34. The lowest BCUT2D eigenvalue weighted by Crippen LogP contribution is -2.31. The number of hydrogen-bond donors (Lipinski definition) is 1. The quantitative estimate of drug-likeness (QED) is 0.739. The molecule has 7 heteroatoms. The van der Waals surface area contributed by atoms with E-state index >= 15 is 0 Å². The highest BCUT2D eigenvalue weighted by atomic mass is 32.2. The number of rotatable bonds is 9. The molecule has 1 aromatic rings. The topological polar surface area (TPSA) is 69.7 Å². The predicted molar refractivity (Wildman–Crippen MR) is 99.0 cm³/mol. The van der Waals surface area contributed by atoms with Crippen LogP contribution in [-0.2, 0) is 14.8 Å². The maximum absolute atomic E-state index is 12.7. The molecule has 1 amide bonds. The Hall–Kier alpha value is -1.60. The minimum atomic E-state index is -3.56. The Labute approximate surface area is 145 Å². The number of nitrogens with zero attached hydrogens (tertiary/aromatic N) is 2. The van der Waals surface area contributed by atoms with Crippen LogP contribution in [0.3, 0.4) is 0 Å². The smallest absolute Gasteiger partial charge is 0.243 e. The predicted octanol–water partition coefficient (Wildman–Crippen LogP) is 2.91. The molecule has 0 aromatic heterocycles. The Morgan fingerprint density at radius 1 is 1.00 bits per heavy atom. The van der Waals surface area contributed by atoms with Gasteiger partial charge in [0.1, 0.15) is 0 Å². The van der Waals surface area contributed by atoms with Crippen molar-refractivity contribution in [1.29, 1.82) is 0 Å². The molecule has 136 valence electrons. The van der Waals surface area contributed by atoms with Gasteiger partial charge in [0.25, 0.3) is 0 Å². The number of benzene rings is 1. The van der Waals surface area contributed by atoms with E-state index in [0.29, 0.717) is 25.2 Å². The molecule has 0 aliphatic carbocycles. The van der Waals surface area contributed by atoms with Crippen LogP contribution in [0.1, 0.15) is 41.0 Å². The van der Waals surface area contributed by atoms with Gasteiger partial charge >= 0.3 is 0 Å². The molecular weight excluding hydrogens is 326 g/mol. The molecule has 0 radical (unpaired) electrons. The van der Waals surface area contributed by atoms with Crippen molar-refractivity contribution in [3.63, 3.8) is 0 Å². The van der Waals surface area contributed by atoms with Crippen molar-refractivity contribution in [3.05, 3.63) is 18.2 Å². The van der Waals surface area contributed by atoms with E-state index in [2.05, 4.69) is 10.2 Å². The molecule has 0 fully saturated rings. The molecule has 6 nitrogen and oxygen atoms in total. The monoisotopic (exact) mass is 355 g/mol. The van der Waals surface area contributed by atoms with Gasteiger partial charge in [0.15, 0.2) is 0 Å². The molecule has 0 aliphatic rings. The molecule has 0 saturated heterocycles. The Morgan fingerprint density at radius 2 is 1.58 bits per heavy atom. The lowest BCUT2D eigenvalue weighted by atomic mass is 10.2. The molecule has 0 atom stereocenters. The third-order valence-electron chi connectivity index (χ3n) is 4.01. The van der Waals surface area contributed by atoms with Gasteiger partial charge in [-0.1, -0.05) is 20.8 Å². The minimum Gasteiger partial charge on any atom is -0.370 e. The maximum atomic E-state index is 12.7. The molecule has 0 unspecified atom stereocenters. The van der Waals surface area contributed by atoms with E-state index in [4.69, 9.17) is 0 Å². The lowest BCUT2D eigenvalue weighted by molar-refractivity contribution is -0.115. The van der Waals surface area contributed by atoms with Crippen LogP contribution in [0.5, 0.6) is 0 Å². The fraction of sp³-hybridized carbons (Fsp3) is 0.588. The SMILES string of the molecule is CCC(=O)Nc1cc(S(=O)(=O)N(CC)CC)ccc1N(CC)CC. The summed E-state index contributed by atoms with van der Waals surface area (Å²) in [5, 5.41) is 2.83. The Balaban J connectivity index is 3.42. The van der Waals surface area contributed by atoms with Crippen molar-refractivity contribution in [2.45, 2.75) is 45.9 Å². The lowest BCUT2D eigenvalue weighted by Gasteiger charge is -2.25. The highest BCUT2D eigenvalue weighted by molar-refractivity contribution is 7.89. The summed E-state index contributed by atoms with van der Waals surface area (Å²) >= 11 is 0. The molecule has 0 saturated carbocycles. The first kappa shape index (κ1) is 20.4. The summed E-state index contributed by atoms with van der Waals surface area (Å²) in [5.41, 5.74) is 1.37. The molecule has 1 rings (SSSR count). The summed E-state index contributed by atoms with van der Waals surface area (Å²) < 4.78 is 26.9. The van der Waals surface area contributed by atoms with E-state index in [1.807, 2.05) is 27.7 Å². The van der Waals surface area contributed by atoms with Crippen LogP contribution in [0, 0.1) is 0 Å². The van der Waals surface area contributed by atoms with Gasteiger partial charge in [-0.2, -0.15) is 4.31 Å². The van der Waals surface area contributed by atoms with Crippen LogP contribution >= 0.6 is 0 Å². The van der Waals surface area contributed by atoms with Gasteiger partial charge in [0.2, 0.25) is 15.9 Å². The average molecular weight is 356 g/mol. The molecule has 1 aromatic carbocycles.